The van der Waals surface area contributed by atoms with Crippen LogP contribution in [-0.4, -0.2) is 20.7 Å². The van der Waals surface area contributed by atoms with Crippen molar-refractivity contribution < 1.29 is 26.3 Å². The smallest absolute Gasteiger partial charge is 0.339 e. The summed E-state index contributed by atoms with van der Waals surface area (Å²) in [5.74, 6) is -4.49. The molecular formula is C22H18F6N4O. The molecule has 0 amide bonds. The molecule has 33 heavy (non-hydrogen) atoms. The lowest BCUT2D eigenvalue weighted by Gasteiger charge is -2.23. The summed E-state index contributed by atoms with van der Waals surface area (Å²) in [6.45, 7) is 5.73. The van der Waals surface area contributed by atoms with Gasteiger partial charge in [0, 0.05) is 30.4 Å². The maximum Gasteiger partial charge on any atom is 0.412 e. The van der Waals surface area contributed by atoms with Gasteiger partial charge in [-0.2, -0.15) is 13.2 Å². The van der Waals surface area contributed by atoms with Crippen LogP contribution in [0.5, 0.6) is 0 Å². The molecule has 1 aromatic carbocycles. The second-order valence-corrected chi connectivity index (χ2v) is 8.09. The Labute approximate surface area is 183 Å². The van der Waals surface area contributed by atoms with E-state index in [2.05, 4.69) is 21.9 Å². The molecule has 0 atom stereocenters. The van der Waals surface area contributed by atoms with Gasteiger partial charge in [-0.1, -0.05) is 18.7 Å². The summed E-state index contributed by atoms with van der Waals surface area (Å²) in [6, 6.07) is 4.39. The summed E-state index contributed by atoms with van der Waals surface area (Å²) in [4.78, 5) is 20.7. The number of anilines is 1. The first-order valence-corrected chi connectivity index (χ1v) is 9.86. The van der Waals surface area contributed by atoms with E-state index in [0.29, 0.717) is 11.5 Å². The first-order valence-electron chi connectivity index (χ1n) is 9.86. The van der Waals surface area contributed by atoms with E-state index < -0.39 is 34.6 Å². The Balaban J connectivity index is 1.82. The molecule has 1 saturated carbocycles. The maximum atomic E-state index is 14.7. The van der Waals surface area contributed by atoms with E-state index in [1.807, 2.05) is 0 Å². The van der Waals surface area contributed by atoms with Crippen molar-refractivity contribution in [2.75, 3.05) is 5.32 Å². The number of benzene rings is 1. The molecule has 0 radical (unpaired) electrons. The van der Waals surface area contributed by atoms with Crippen LogP contribution < -0.4 is 10.9 Å². The summed E-state index contributed by atoms with van der Waals surface area (Å²) in [7, 11) is 0. The zero-order valence-corrected chi connectivity index (χ0v) is 17.5. The molecule has 1 N–H and O–H groups in total. The summed E-state index contributed by atoms with van der Waals surface area (Å²) in [5.41, 5.74) is -4.34. The van der Waals surface area contributed by atoms with E-state index in [1.165, 1.54) is 19.1 Å². The molecule has 4 rings (SSSR count). The van der Waals surface area contributed by atoms with Gasteiger partial charge in [0.1, 0.15) is 23.0 Å². The van der Waals surface area contributed by atoms with E-state index in [9.17, 15) is 31.1 Å². The summed E-state index contributed by atoms with van der Waals surface area (Å²) in [5, 5.41) is 2.76. The molecule has 3 aromatic rings. The quantitative estimate of drug-likeness (QED) is 0.504. The molecule has 0 aliphatic heterocycles. The first kappa shape index (κ1) is 22.8. The van der Waals surface area contributed by atoms with Gasteiger partial charge in [0.15, 0.2) is 0 Å². The van der Waals surface area contributed by atoms with Crippen LogP contribution in [0.4, 0.5) is 32.2 Å². The van der Waals surface area contributed by atoms with Crippen LogP contribution in [0.2, 0.25) is 0 Å². The number of nitrogens with one attached hydrogen (secondary N) is 1. The molecule has 1 aliphatic carbocycles. The fourth-order valence-corrected chi connectivity index (χ4v) is 3.74. The van der Waals surface area contributed by atoms with E-state index in [-0.39, 0.29) is 46.6 Å². The third kappa shape index (κ3) is 3.85. The van der Waals surface area contributed by atoms with Crippen molar-refractivity contribution in [3.63, 3.8) is 0 Å². The van der Waals surface area contributed by atoms with Crippen LogP contribution in [0.3, 0.4) is 0 Å². The fraction of sp³-hybridized carbons (Fsp3) is 0.318. The predicted octanol–water partition coefficient (Wildman–Crippen LogP) is 5.48. The molecule has 1 aliphatic rings. The average molecular weight is 468 g/mol. The Morgan fingerprint density at radius 2 is 1.85 bits per heavy atom. The lowest BCUT2D eigenvalue weighted by Crippen LogP contribution is -2.41. The second-order valence-electron chi connectivity index (χ2n) is 8.09. The SMILES string of the molecule is C=C(Nc1nc(C)nc2cc(=O)n(C3(C(F)(F)F)CC3)cc12)c1cccc(C(C)(F)F)c1F. The number of pyridine rings is 1. The van der Waals surface area contributed by atoms with Crippen molar-refractivity contribution in [3.05, 3.63) is 70.2 Å². The highest BCUT2D eigenvalue weighted by Crippen LogP contribution is 2.54. The van der Waals surface area contributed by atoms with E-state index in [0.717, 1.165) is 18.3 Å². The number of aryl methyl sites for hydroxylation is 1. The normalized spacial score (nSPS) is 15.5. The number of fused-ring (bicyclic) bond motifs is 1. The Bertz CT molecular complexity index is 1340. The van der Waals surface area contributed by atoms with Crippen molar-refractivity contribution in [2.45, 2.75) is 44.3 Å². The van der Waals surface area contributed by atoms with Crippen molar-refractivity contribution in [1.82, 2.24) is 14.5 Å². The fourth-order valence-electron chi connectivity index (χ4n) is 3.74. The van der Waals surface area contributed by atoms with Gasteiger partial charge in [0.2, 0.25) is 0 Å². The Morgan fingerprint density at radius 3 is 2.42 bits per heavy atom. The zero-order valence-electron chi connectivity index (χ0n) is 17.5. The molecule has 5 nitrogen and oxygen atoms in total. The standard InChI is InChI=1S/C22H18F6N4O/c1-11(13-5-4-6-15(18(13)23)20(3,24)25)29-19-14-10-32(21(7-8-21)22(26,27)28)17(33)9-16(14)30-12(2)31-19/h4-6,9-10H,1,7-8H2,2-3H3,(H,29,30,31). The summed E-state index contributed by atoms with van der Waals surface area (Å²) in [6.07, 6.45) is -4.11. The van der Waals surface area contributed by atoms with E-state index in [1.54, 1.807) is 0 Å². The van der Waals surface area contributed by atoms with Crippen molar-refractivity contribution >= 4 is 22.4 Å². The Morgan fingerprint density at radius 1 is 1.18 bits per heavy atom. The molecule has 2 heterocycles. The molecule has 2 aromatic heterocycles. The highest BCUT2D eigenvalue weighted by molar-refractivity contribution is 5.92. The van der Waals surface area contributed by atoms with Crippen molar-refractivity contribution in [1.29, 1.82) is 0 Å². The van der Waals surface area contributed by atoms with Gasteiger partial charge in [-0.15, -0.1) is 0 Å². The third-order valence-electron chi connectivity index (χ3n) is 5.62. The molecule has 11 heteroatoms. The zero-order chi connectivity index (χ0) is 24.3. The van der Waals surface area contributed by atoms with Crippen molar-refractivity contribution in [2.24, 2.45) is 0 Å². The lowest BCUT2D eigenvalue weighted by molar-refractivity contribution is -0.180. The van der Waals surface area contributed by atoms with Gasteiger partial charge in [0.25, 0.3) is 11.5 Å². The van der Waals surface area contributed by atoms with Gasteiger partial charge in [-0.25, -0.2) is 23.1 Å². The minimum absolute atomic E-state index is 0.0395. The molecule has 174 valence electrons. The summed E-state index contributed by atoms with van der Waals surface area (Å²) < 4.78 is 83.6. The predicted molar refractivity (Wildman–Crippen MR) is 110 cm³/mol. The summed E-state index contributed by atoms with van der Waals surface area (Å²) >= 11 is 0. The average Bonchev–Trinajstić information content (AvgIpc) is 3.48. The topological polar surface area (TPSA) is 59.8 Å². The number of hydrogen-bond acceptors (Lipinski definition) is 4. The van der Waals surface area contributed by atoms with Gasteiger partial charge in [0.05, 0.1) is 16.5 Å². The van der Waals surface area contributed by atoms with Crippen LogP contribution >= 0.6 is 0 Å². The molecule has 0 saturated heterocycles. The molecular weight excluding hydrogens is 450 g/mol. The minimum Gasteiger partial charge on any atom is -0.339 e. The third-order valence-corrected chi connectivity index (χ3v) is 5.62. The number of halogens is 6. The minimum atomic E-state index is -4.64. The number of alkyl halides is 5. The van der Waals surface area contributed by atoms with Crippen LogP contribution in [0.1, 0.15) is 36.7 Å². The van der Waals surface area contributed by atoms with Crippen LogP contribution in [0.15, 0.2) is 41.8 Å². The van der Waals surface area contributed by atoms with Gasteiger partial charge < -0.3 is 5.32 Å². The largest absolute Gasteiger partial charge is 0.412 e. The number of nitrogens with zero attached hydrogens (tertiary/aromatic N) is 3. The number of hydrogen-bond donors (Lipinski definition) is 1. The highest BCUT2D eigenvalue weighted by atomic mass is 19.4. The van der Waals surface area contributed by atoms with Gasteiger partial charge in [-0.05, 0) is 25.8 Å². The molecule has 0 spiro atoms. The van der Waals surface area contributed by atoms with Crippen molar-refractivity contribution in [3.8, 4) is 0 Å². The number of rotatable bonds is 5. The Hall–Kier alpha value is -3.37. The van der Waals surface area contributed by atoms with Gasteiger partial charge >= 0.3 is 6.18 Å². The number of aromatic nitrogens is 3. The second kappa shape index (κ2) is 7.32. The highest BCUT2D eigenvalue weighted by Gasteiger charge is 2.65. The molecule has 1 fully saturated rings. The lowest BCUT2D eigenvalue weighted by atomic mass is 10.0. The van der Waals surface area contributed by atoms with E-state index >= 15 is 0 Å². The first-order chi connectivity index (χ1) is 15.2. The molecule has 0 unspecified atom stereocenters. The van der Waals surface area contributed by atoms with E-state index in [4.69, 9.17) is 0 Å². The molecule has 0 bridgehead atoms. The monoisotopic (exact) mass is 468 g/mol. The van der Waals surface area contributed by atoms with Crippen LogP contribution in [0.25, 0.3) is 16.6 Å². The van der Waals surface area contributed by atoms with Crippen LogP contribution in [0, 0.1) is 12.7 Å². The maximum absolute atomic E-state index is 14.7. The van der Waals surface area contributed by atoms with Gasteiger partial charge in [-0.3, -0.25) is 9.36 Å². The Kier molecular flexibility index (Phi) is 5.06. The van der Waals surface area contributed by atoms with Crippen LogP contribution in [-0.2, 0) is 11.5 Å².